The van der Waals surface area contributed by atoms with Crippen molar-refractivity contribution in [1.29, 1.82) is 5.26 Å². The van der Waals surface area contributed by atoms with Crippen LogP contribution >= 0.6 is 0 Å². The van der Waals surface area contributed by atoms with Crippen molar-refractivity contribution in [3.05, 3.63) is 0 Å². The Kier molecular flexibility index (Phi) is 4.60. The average molecular weight is 249 g/mol. The van der Waals surface area contributed by atoms with Crippen LogP contribution in [0.3, 0.4) is 0 Å². The molecule has 2 rings (SSSR count). The first-order valence-corrected chi connectivity index (χ1v) is 7.16. The molecular formula is C14H23N3O. The van der Waals surface area contributed by atoms with Gasteiger partial charge in [0.15, 0.2) is 0 Å². The van der Waals surface area contributed by atoms with E-state index in [4.69, 9.17) is 5.26 Å². The van der Waals surface area contributed by atoms with Gasteiger partial charge in [-0.15, -0.1) is 0 Å². The molecule has 0 aromatic heterocycles. The predicted molar refractivity (Wildman–Crippen MR) is 69.9 cm³/mol. The molecule has 2 fully saturated rings. The summed E-state index contributed by atoms with van der Waals surface area (Å²) < 4.78 is 0. The van der Waals surface area contributed by atoms with Gasteiger partial charge in [-0.1, -0.05) is 12.8 Å². The molecule has 4 nitrogen and oxygen atoms in total. The van der Waals surface area contributed by atoms with E-state index in [1.54, 1.807) is 0 Å². The normalized spacial score (nSPS) is 20.1. The van der Waals surface area contributed by atoms with Crippen LogP contribution in [0.1, 0.15) is 45.4 Å². The molecule has 0 unspecified atom stereocenters. The van der Waals surface area contributed by atoms with Crippen molar-refractivity contribution >= 4 is 5.91 Å². The Morgan fingerprint density at radius 2 is 1.89 bits per heavy atom. The zero-order chi connectivity index (χ0) is 13.0. The number of carbonyl (C=O) groups is 1. The first-order chi connectivity index (χ1) is 8.76. The molecule has 18 heavy (non-hydrogen) atoms. The number of rotatable bonds is 6. The van der Waals surface area contributed by atoms with Gasteiger partial charge in [0.05, 0.1) is 19.2 Å². The SMILES string of the molecule is CCN(C(=O)CN(CC#N)C1CCCC1)C1CC1. The number of likely N-dealkylation sites (N-methyl/N-ethyl adjacent to an activating group) is 1. The van der Waals surface area contributed by atoms with Gasteiger partial charge < -0.3 is 4.90 Å². The van der Waals surface area contributed by atoms with Crippen LogP contribution in [-0.4, -0.2) is 47.4 Å². The molecule has 2 aliphatic carbocycles. The standard InChI is InChI=1S/C14H23N3O/c1-2-17(13-7-8-13)14(18)11-16(10-9-15)12-5-3-4-6-12/h12-13H,2-8,10-11H2,1H3. The highest BCUT2D eigenvalue weighted by molar-refractivity contribution is 5.79. The maximum absolute atomic E-state index is 12.3. The van der Waals surface area contributed by atoms with Crippen LogP contribution in [0.25, 0.3) is 0 Å². The maximum atomic E-state index is 12.3. The summed E-state index contributed by atoms with van der Waals surface area (Å²) in [7, 11) is 0. The minimum absolute atomic E-state index is 0.210. The molecule has 0 atom stereocenters. The summed E-state index contributed by atoms with van der Waals surface area (Å²) in [5, 5.41) is 8.91. The third-order valence-corrected chi connectivity index (χ3v) is 4.10. The molecule has 0 N–H and O–H groups in total. The highest BCUT2D eigenvalue weighted by atomic mass is 16.2. The zero-order valence-corrected chi connectivity index (χ0v) is 11.3. The van der Waals surface area contributed by atoms with E-state index >= 15 is 0 Å². The molecule has 1 amide bonds. The average Bonchev–Trinajstić information content (AvgIpc) is 3.04. The third kappa shape index (κ3) is 3.23. The van der Waals surface area contributed by atoms with Gasteiger partial charge in [0.25, 0.3) is 0 Å². The molecule has 2 aliphatic rings. The van der Waals surface area contributed by atoms with Crippen LogP contribution in [0.5, 0.6) is 0 Å². The van der Waals surface area contributed by atoms with E-state index < -0.39 is 0 Å². The number of nitrogens with zero attached hydrogens (tertiary/aromatic N) is 3. The fourth-order valence-electron chi connectivity index (χ4n) is 2.96. The fraction of sp³-hybridized carbons (Fsp3) is 0.857. The Balaban J connectivity index is 1.90. The van der Waals surface area contributed by atoms with Gasteiger partial charge in [0, 0.05) is 18.6 Å². The van der Waals surface area contributed by atoms with E-state index in [0.717, 1.165) is 32.2 Å². The molecule has 0 spiro atoms. The van der Waals surface area contributed by atoms with Crippen LogP contribution in [-0.2, 0) is 4.79 Å². The van der Waals surface area contributed by atoms with Crippen LogP contribution in [0.4, 0.5) is 0 Å². The van der Waals surface area contributed by atoms with Gasteiger partial charge in [0.1, 0.15) is 0 Å². The van der Waals surface area contributed by atoms with Crippen molar-refractivity contribution in [2.45, 2.75) is 57.5 Å². The molecule has 0 aromatic carbocycles. The van der Waals surface area contributed by atoms with Crippen LogP contribution in [0, 0.1) is 11.3 Å². The lowest BCUT2D eigenvalue weighted by Gasteiger charge is -2.29. The Hall–Kier alpha value is -1.08. The second kappa shape index (κ2) is 6.19. The Labute approximate surface area is 110 Å². The summed E-state index contributed by atoms with van der Waals surface area (Å²) >= 11 is 0. The smallest absolute Gasteiger partial charge is 0.237 e. The van der Waals surface area contributed by atoms with Crippen molar-refractivity contribution in [2.75, 3.05) is 19.6 Å². The minimum Gasteiger partial charge on any atom is -0.339 e. The largest absolute Gasteiger partial charge is 0.339 e. The lowest BCUT2D eigenvalue weighted by molar-refractivity contribution is -0.133. The van der Waals surface area contributed by atoms with E-state index in [2.05, 4.69) is 11.0 Å². The monoisotopic (exact) mass is 249 g/mol. The van der Waals surface area contributed by atoms with Crippen molar-refractivity contribution in [1.82, 2.24) is 9.80 Å². The molecule has 4 heteroatoms. The van der Waals surface area contributed by atoms with Gasteiger partial charge in [-0.3, -0.25) is 9.69 Å². The number of carbonyl (C=O) groups excluding carboxylic acids is 1. The summed E-state index contributed by atoms with van der Waals surface area (Å²) in [5.41, 5.74) is 0. The zero-order valence-electron chi connectivity index (χ0n) is 11.3. The molecular weight excluding hydrogens is 226 g/mol. The van der Waals surface area contributed by atoms with Gasteiger partial charge in [-0.2, -0.15) is 5.26 Å². The number of hydrogen-bond acceptors (Lipinski definition) is 3. The number of hydrogen-bond donors (Lipinski definition) is 0. The first-order valence-electron chi connectivity index (χ1n) is 7.16. The molecule has 0 aromatic rings. The van der Waals surface area contributed by atoms with Gasteiger partial charge in [-0.25, -0.2) is 0 Å². The molecule has 0 heterocycles. The van der Waals surface area contributed by atoms with Gasteiger partial charge in [-0.05, 0) is 32.6 Å². The molecule has 0 saturated heterocycles. The summed E-state index contributed by atoms with van der Waals surface area (Å²) in [6.45, 7) is 3.66. The summed E-state index contributed by atoms with van der Waals surface area (Å²) in [4.78, 5) is 16.3. The van der Waals surface area contributed by atoms with Crippen molar-refractivity contribution in [3.8, 4) is 6.07 Å². The van der Waals surface area contributed by atoms with Crippen LogP contribution in [0.2, 0.25) is 0 Å². The van der Waals surface area contributed by atoms with Crippen molar-refractivity contribution < 1.29 is 4.79 Å². The first kappa shape index (κ1) is 13.4. The van der Waals surface area contributed by atoms with E-state index in [1.807, 2.05) is 11.8 Å². The maximum Gasteiger partial charge on any atom is 0.237 e. The molecule has 100 valence electrons. The Bertz CT molecular complexity index is 326. The lowest BCUT2D eigenvalue weighted by Crippen LogP contribution is -2.44. The van der Waals surface area contributed by atoms with Gasteiger partial charge in [0.2, 0.25) is 5.91 Å². The van der Waals surface area contributed by atoms with Crippen LogP contribution < -0.4 is 0 Å². The highest BCUT2D eigenvalue weighted by Gasteiger charge is 2.33. The minimum atomic E-state index is 0.210. The third-order valence-electron chi connectivity index (χ3n) is 4.10. The highest BCUT2D eigenvalue weighted by Crippen LogP contribution is 2.27. The fourth-order valence-corrected chi connectivity index (χ4v) is 2.96. The second-order valence-electron chi connectivity index (χ2n) is 5.41. The van der Waals surface area contributed by atoms with Gasteiger partial charge >= 0.3 is 0 Å². The quantitative estimate of drug-likeness (QED) is 0.674. The number of amides is 1. The summed E-state index contributed by atoms with van der Waals surface area (Å²) in [6.07, 6.45) is 7.07. The summed E-state index contributed by atoms with van der Waals surface area (Å²) in [6, 6.07) is 3.14. The van der Waals surface area contributed by atoms with E-state index in [1.165, 1.54) is 12.8 Å². The van der Waals surface area contributed by atoms with E-state index in [-0.39, 0.29) is 5.91 Å². The second-order valence-corrected chi connectivity index (χ2v) is 5.41. The summed E-state index contributed by atoms with van der Waals surface area (Å²) in [5.74, 6) is 0.210. The Morgan fingerprint density at radius 1 is 1.22 bits per heavy atom. The van der Waals surface area contributed by atoms with E-state index in [0.29, 0.717) is 25.2 Å². The topological polar surface area (TPSA) is 47.3 Å². The molecule has 2 saturated carbocycles. The molecule has 0 radical (unpaired) electrons. The van der Waals surface area contributed by atoms with Crippen molar-refractivity contribution in [3.63, 3.8) is 0 Å². The molecule has 0 aliphatic heterocycles. The number of nitriles is 1. The van der Waals surface area contributed by atoms with Crippen molar-refractivity contribution in [2.24, 2.45) is 0 Å². The van der Waals surface area contributed by atoms with Crippen LogP contribution in [0.15, 0.2) is 0 Å². The van der Waals surface area contributed by atoms with E-state index in [9.17, 15) is 4.79 Å². The Morgan fingerprint density at radius 3 is 2.39 bits per heavy atom. The predicted octanol–water partition coefficient (Wildman–Crippen LogP) is 1.77. The lowest BCUT2D eigenvalue weighted by atomic mass is 10.2. The molecule has 0 bridgehead atoms.